The SMILES string of the molecule is CCOc1ccc(/C=C\C(=O)NCc2ccccc2)cc1N. The predicted octanol–water partition coefficient (Wildman–Crippen LogP) is 3.00. The predicted molar refractivity (Wildman–Crippen MR) is 89.3 cm³/mol. The summed E-state index contributed by atoms with van der Waals surface area (Å²) < 4.78 is 5.38. The van der Waals surface area contributed by atoms with Crippen molar-refractivity contribution in [1.82, 2.24) is 5.32 Å². The quantitative estimate of drug-likeness (QED) is 0.636. The number of nitrogens with one attached hydrogen (secondary N) is 1. The Bertz CT molecular complexity index is 651. The second-order valence-corrected chi connectivity index (χ2v) is 4.77. The van der Waals surface area contributed by atoms with E-state index in [0.717, 1.165) is 11.1 Å². The monoisotopic (exact) mass is 296 g/mol. The Hall–Kier alpha value is -2.75. The van der Waals surface area contributed by atoms with E-state index in [0.29, 0.717) is 24.6 Å². The van der Waals surface area contributed by atoms with Crippen LogP contribution in [0.4, 0.5) is 5.69 Å². The van der Waals surface area contributed by atoms with Crippen molar-refractivity contribution in [2.24, 2.45) is 0 Å². The van der Waals surface area contributed by atoms with Crippen molar-refractivity contribution in [1.29, 1.82) is 0 Å². The van der Waals surface area contributed by atoms with Gasteiger partial charge in [0.15, 0.2) is 0 Å². The van der Waals surface area contributed by atoms with Crippen LogP contribution in [0, 0.1) is 0 Å². The van der Waals surface area contributed by atoms with Crippen molar-refractivity contribution in [3.8, 4) is 5.75 Å². The molecular weight excluding hydrogens is 276 g/mol. The van der Waals surface area contributed by atoms with Crippen LogP contribution in [0.25, 0.3) is 6.08 Å². The largest absolute Gasteiger partial charge is 0.492 e. The molecule has 3 N–H and O–H groups in total. The summed E-state index contributed by atoms with van der Waals surface area (Å²) in [4.78, 5) is 11.8. The van der Waals surface area contributed by atoms with E-state index in [9.17, 15) is 4.79 Å². The zero-order valence-corrected chi connectivity index (χ0v) is 12.6. The van der Waals surface area contributed by atoms with Gasteiger partial charge in [-0.15, -0.1) is 0 Å². The highest BCUT2D eigenvalue weighted by Gasteiger charge is 2.00. The van der Waals surface area contributed by atoms with Crippen molar-refractivity contribution >= 4 is 17.7 Å². The molecule has 4 nitrogen and oxygen atoms in total. The van der Waals surface area contributed by atoms with Gasteiger partial charge < -0.3 is 15.8 Å². The number of carbonyl (C=O) groups is 1. The Labute approximate surface area is 130 Å². The maximum Gasteiger partial charge on any atom is 0.244 e. The van der Waals surface area contributed by atoms with Crippen LogP contribution in [0.15, 0.2) is 54.6 Å². The number of amides is 1. The molecule has 1 amide bonds. The molecule has 0 saturated heterocycles. The van der Waals surface area contributed by atoms with E-state index in [-0.39, 0.29) is 5.91 Å². The molecule has 2 rings (SSSR count). The van der Waals surface area contributed by atoms with Gasteiger partial charge in [-0.2, -0.15) is 0 Å². The lowest BCUT2D eigenvalue weighted by Gasteiger charge is -2.07. The number of rotatable bonds is 6. The Morgan fingerprint density at radius 1 is 1.23 bits per heavy atom. The zero-order valence-electron chi connectivity index (χ0n) is 12.6. The highest BCUT2D eigenvalue weighted by Crippen LogP contribution is 2.22. The van der Waals surface area contributed by atoms with E-state index >= 15 is 0 Å². The van der Waals surface area contributed by atoms with Gasteiger partial charge in [-0.05, 0) is 36.3 Å². The first-order valence-corrected chi connectivity index (χ1v) is 7.21. The van der Waals surface area contributed by atoms with Crippen LogP contribution in [0.5, 0.6) is 5.75 Å². The number of anilines is 1. The van der Waals surface area contributed by atoms with Gasteiger partial charge in [-0.3, -0.25) is 4.79 Å². The maximum absolute atomic E-state index is 11.8. The third-order valence-corrected chi connectivity index (χ3v) is 3.07. The summed E-state index contributed by atoms with van der Waals surface area (Å²) in [6, 6.07) is 15.2. The first-order chi connectivity index (χ1) is 10.7. The summed E-state index contributed by atoms with van der Waals surface area (Å²) in [5.74, 6) is 0.518. The first-order valence-electron chi connectivity index (χ1n) is 7.21. The number of carbonyl (C=O) groups excluding carboxylic acids is 1. The maximum atomic E-state index is 11.8. The van der Waals surface area contributed by atoms with E-state index in [1.165, 1.54) is 6.08 Å². The molecule has 2 aromatic rings. The summed E-state index contributed by atoms with van der Waals surface area (Å²) in [6.07, 6.45) is 3.23. The van der Waals surface area contributed by atoms with E-state index in [1.54, 1.807) is 18.2 Å². The molecule has 0 atom stereocenters. The lowest BCUT2D eigenvalue weighted by Crippen LogP contribution is -2.20. The minimum atomic E-state index is -0.142. The molecule has 0 saturated carbocycles. The number of ether oxygens (including phenoxy) is 1. The smallest absolute Gasteiger partial charge is 0.244 e. The van der Waals surface area contributed by atoms with Crippen LogP contribution in [0.2, 0.25) is 0 Å². The molecule has 0 spiro atoms. The molecule has 4 heteroatoms. The van der Waals surface area contributed by atoms with Gasteiger partial charge in [-0.1, -0.05) is 36.4 Å². The number of nitrogens with two attached hydrogens (primary N) is 1. The summed E-state index contributed by atoms with van der Waals surface area (Å²) in [6.45, 7) is 2.99. The standard InChI is InChI=1S/C18H20N2O2/c1-2-22-17-10-8-14(12-16(17)19)9-11-18(21)20-13-15-6-4-3-5-7-15/h3-12H,2,13,19H2,1H3,(H,20,21)/b11-9-. The van der Waals surface area contributed by atoms with Crippen molar-refractivity contribution in [2.75, 3.05) is 12.3 Å². The van der Waals surface area contributed by atoms with E-state index < -0.39 is 0 Å². The average molecular weight is 296 g/mol. The second-order valence-electron chi connectivity index (χ2n) is 4.77. The normalized spacial score (nSPS) is 10.6. The van der Waals surface area contributed by atoms with Crippen LogP contribution in [-0.2, 0) is 11.3 Å². The van der Waals surface area contributed by atoms with E-state index in [1.807, 2.05) is 43.3 Å². The van der Waals surface area contributed by atoms with E-state index in [4.69, 9.17) is 10.5 Å². The molecule has 0 fully saturated rings. The fraction of sp³-hybridized carbons (Fsp3) is 0.167. The fourth-order valence-corrected chi connectivity index (χ4v) is 1.97. The van der Waals surface area contributed by atoms with Gasteiger partial charge in [0.2, 0.25) is 5.91 Å². The third kappa shape index (κ3) is 4.66. The summed E-state index contributed by atoms with van der Waals surface area (Å²) >= 11 is 0. The van der Waals surface area contributed by atoms with Crippen molar-refractivity contribution in [2.45, 2.75) is 13.5 Å². The highest BCUT2D eigenvalue weighted by molar-refractivity contribution is 5.91. The van der Waals surface area contributed by atoms with Crippen LogP contribution in [-0.4, -0.2) is 12.5 Å². The van der Waals surface area contributed by atoms with Crippen molar-refractivity contribution in [3.63, 3.8) is 0 Å². The minimum absolute atomic E-state index is 0.142. The molecule has 0 aliphatic carbocycles. The van der Waals surface area contributed by atoms with Crippen LogP contribution in [0.3, 0.4) is 0 Å². The average Bonchev–Trinajstić information content (AvgIpc) is 2.54. The molecule has 0 radical (unpaired) electrons. The lowest BCUT2D eigenvalue weighted by atomic mass is 10.1. The van der Waals surface area contributed by atoms with Gasteiger partial charge in [0.25, 0.3) is 0 Å². The van der Waals surface area contributed by atoms with E-state index in [2.05, 4.69) is 5.32 Å². The highest BCUT2D eigenvalue weighted by atomic mass is 16.5. The number of benzene rings is 2. The Morgan fingerprint density at radius 2 is 2.00 bits per heavy atom. The van der Waals surface area contributed by atoms with Crippen LogP contribution >= 0.6 is 0 Å². The molecule has 114 valence electrons. The Balaban J connectivity index is 1.91. The minimum Gasteiger partial charge on any atom is -0.492 e. The Kier molecular flexibility index (Phi) is 5.60. The molecule has 0 aliphatic rings. The first kappa shape index (κ1) is 15.6. The Morgan fingerprint density at radius 3 is 2.68 bits per heavy atom. The van der Waals surface area contributed by atoms with Crippen LogP contribution in [0.1, 0.15) is 18.1 Å². The number of nitrogen functional groups attached to an aromatic ring is 1. The summed E-state index contributed by atoms with van der Waals surface area (Å²) in [7, 11) is 0. The summed E-state index contributed by atoms with van der Waals surface area (Å²) in [5.41, 5.74) is 8.37. The van der Waals surface area contributed by atoms with Gasteiger partial charge in [-0.25, -0.2) is 0 Å². The van der Waals surface area contributed by atoms with Gasteiger partial charge in [0, 0.05) is 12.6 Å². The lowest BCUT2D eigenvalue weighted by molar-refractivity contribution is -0.116. The van der Waals surface area contributed by atoms with Crippen molar-refractivity contribution < 1.29 is 9.53 Å². The molecule has 0 unspecified atom stereocenters. The fourth-order valence-electron chi connectivity index (χ4n) is 1.97. The molecular formula is C18H20N2O2. The third-order valence-electron chi connectivity index (χ3n) is 3.07. The molecule has 22 heavy (non-hydrogen) atoms. The van der Waals surface area contributed by atoms with Gasteiger partial charge in [0.05, 0.1) is 12.3 Å². The van der Waals surface area contributed by atoms with Gasteiger partial charge in [0.1, 0.15) is 5.75 Å². The number of hydrogen-bond acceptors (Lipinski definition) is 3. The zero-order chi connectivity index (χ0) is 15.8. The molecule has 2 aromatic carbocycles. The molecule has 0 heterocycles. The second kappa shape index (κ2) is 7.88. The molecule has 0 aromatic heterocycles. The summed E-state index contributed by atoms with van der Waals surface area (Å²) in [5, 5.41) is 2.83. The molecule has 0 bridgehead atoms. The molecule has 0 aliphatic heterocycles. The van der Waals surface area contributed by atoms with Crippen molar-refractivity contribution in [3.05, 3.63) is 65.7 Å². The number of hydrogen-bond donors (Lipinski definition) is 2. The van der Waals surface area contributed by atoms with Crippen LogP contribution < -0.4 is 15.8 Å². The van der Waals surface area contributed by atoms with Gasteiger partial charge >= 0.3 is 0 Å². The topological polar surface area (TPSA) is 64.3 Å².